The third-order valence-electron chi connectivity index (χ3n) is 2.64. The fourth-order valence-electron chi connectivity index (χ4n) is 1.53. The van der Waals surface area contributed by atoms with Gasteiger partial charge in [0.25, 0.3) is 0 Å². The second-order valence-corrected chi connectivity index (χ2v) is 5.05. The predicted octanol–water partition coefficient (Wildman–Crippen LogP) is 2.00. The van der Waals surface area contributed by atoms with E-state index in [0.717, 1.165) is 5.56 Å². The number of carbonyl (C=O) groups is 2. The Kier molecular flexibility index (Phi) is 5.21. The summed E-state index contributed by atoms with van der Waals surface area (Å²) in [5.74, 6) is -1.32. The molecule has 0 amide bonds. The molecule has 0 fully saturated rings. The summed E-state index contributed by atoms with van der Waals surface area (Å²) >= 11 is 1.32. The van der Waals surface area contributed by atoms with Gasteiger partial charge < -0.3 is 9.84 Å². The van der Waals surface area contributed by atoms with Crippen molar-refractivity contribution in [3.63, 3.8) is 0 Å². The van der Waals surface area contributed by atoms with Crippen LogP contribution in [0.3, 0.4) is 0 Å². The van der Waals surface area contributed by atoms with E-state index in [2.05, 4.69) is 20.2 Å². The number of methoxy groups -OCH3 is 1. The number of anilines is 1. The lowest BCUT2D eigenvalue weighted by Gasteiger charge is -1.96. The number of aromatic nitrogens is 1. The number of nitrogens with one attached hydrogen (secondary N) is 1. The molecule has 22 heavy (non-hydrogen) atoms. The van der Waals surface area contributed by atoms with Gasteiger partial charge in [-0.25, -0.2) is 9.78 Å². The van der Waals surface area contributed by atoms with Gasteiger partial charge in [0.1, 0.15) is 0 Å². The summed E-state index contributed by atoms with van der Waals surface area (Å²) in [6.45, 7) is 0. The van der Waals surface area contributed by atoms with Crippen molar-refractivity contribution in [2.24, 2.45) is 5.10 Å². The Balaban J connectivity index is 1.92. The minimum Gasteiger partial charge on any atom is -0.478 e. The molecule has 2 aromatic rings. The molecule has 0 saturated heterocycles. The van der Waals surface area contributed by atoms with Gasteiger partial charge in [-0.15, -0.1) is 11.3 Å². The molecule has 1 heterocycles. The zero-order chi connectivity index (χ0) is 15.9. The Bertz CT molecular complexity index is 694. The van der Waals surface area contributed by atoms with E-state index in [4.69, 9.17) is 5.11 Å². The highest BCUT2D eigenvalue weighted by Crippen LogP contribution is 2.16. The van der Waals surface area contributed by atoms with Gasteiger partial charge >= 0.3 is 11.9 Å². The molecule has 0 spiro atoms. The zero-order valence-electron chi connectivity index (χ0n) is 11.6. The van der Waals surface area contributed by atoms with Gasteiger partial charge in [0.2, 0.25) is 5.13 Å². The van der Waals surface area contributed by atoms with Crippen LogP contribution in [-0.2, 0) is 16.0 Å². The van der Waals surface area contributed by atoms with Crippen molar-refractivity contribution in [3.8, 4) is 0 Å². The maximum atomic E-state index is 11.1. The molecule has 0 aliphatic heterocycles. The van der Waals surface area contributed by atoms with Crippen molar-refractivity contribution in [3.05, 3.63) is 46.5 Å². The summed E-state index contributed by atoms with van der Waals surface area (Å²) < 4.78 is 4.56. The topological polar surface area (TPSA) is 101 Å². The first-order chi connectivity index (χ1) is 10.6. The van der Waals surface area contributed by atoms with Crippen LogP contribution < -0.4 is 5.43 Å². The van der Waals surface area contributed by atoms with Crippen LogP contribution in [0.1, 0.15) is 21.6 Å². The van der Waals surface area contributed by atoms with Gasteiger partial charge in [-0.1, -0.05) is 12.1 Å². The normalized spacial score (nSPS) is 10.6. The smallest absolute Gasteiger partial charge is 0.335 e. The number of esters is 1. The van der Waals surface area contributed by atoms with Crippen LogP contribution in [0, 0.1) is 0 Å². The largest absolute Gasteiger partial charge is 0.478 e. The molecule has 0 atom stereocenters. The van der Waals surface area contributed by atoms with E-state index in [1.807, 2.05) is 0 Å². The fourth-order valence-corrected chi connectivity index (χ4v) is 2.19. The van der Waals surface area contributed by atoms with E-state index in [0.29, 0.717) is 10.8 Å². The highest BCUT2D eigenvalue weighted by molar-refractivity contribution is 7.13. The molecule has 7 nitrogen and oxygen atoms in total. The summed E-state index contributed by atoms with van der Waals surface area (Å²) in [6, 6.07) is 6.31. The Morgan fingerprint density at radius 2 is 2.14 bits per heavy atom. The first-order valence-electron chi connectivity index (χ1n) is 6.22. The first-order valence-corrected chi connectivity index (χ1v) is 7.10. The van der Waals surface area contributed by atoms with Crippen molar-refractivity contribution < 1.29 is 19.4 Å². The number of nitrogens with zero attached hydrogens (tertiary/aromatic N) is 2. The number of hydrazone groups is 1. The number of ether oxygens (including phenoxy) is 1. The van der Waals surface area contributed by atoms with Crippen molar-refractivity contribution >= 4 is 34.6 Å². The van der Waals surface area contributed by atoms with Crippen LogP contribution >= 0.6 is 11.3 Å². The molecule has 114 valence electrons. The van der Waals surface area contributed by atoms with Crippen LogP contribution in [0.4, 0.5) is 5.13 Å². The van der Waals surface area contributed by atoms with E-state index in [9.17, 15) is 9.59 Å². The average Bonchev–Trinajstić information content (AvgIpc) is 2.95. The highest BCUT2D eigenvalue weighted by atomic mass is 32.1. The van der Waals surface area contributed by atoms with Crippen LogP contribution in [-0.4, -0.2) is 35.4 Å². The van der Waals surface area contributed by atoms with Gasteiger partial charge in [0.15, 0.2) is 0 Å². The minimum absolute atomic E-state index is 0.120. The lowest BCUT2D eigenvalue weighted by Crippen LogP contribution is -2.04. The molecular weight excluding hydrogens is 306 g/mol. The van der Waals surface area contributed by atoms with Crippen molar-refractivity contribution in [2.45, 2.75) is 6.42 Å². The molecular formula is C14H13N3O4S. The third-order valence-corrected chi connectivity index (χ3v) is 3.43. The second kappa shape index (κ2) is 7.32. The number of rotatable bonds is 6. The van der Waals surface area contributed by atoms with Crippen LogP contribution in [0.5, 0.6) is 0 Å². The van der Waals surface area contributed by atoms with Gasteiger partial charge in [-0.05, 0) is 17.7 Å². The maximum absolute atomic E-state index is 11.1. The molecule has 0 unspecified atom stereocenters. The van der Waals surface area contributed by atoms with Gasteiger partial charge in [0.05, 0.1) is 31.0 Å². The van der Waals surface area contributed by atoms with Gasteiger partial charge in [-0.2, -0.15) is 5.10 Å². The molecule has 2 rings (SSSR count). The number of benzene rings is 1. The molecule has 0 aliphatic rings. The lowest BCUT2D eigenvalue weighted by atomic mass is 10.1. The first kappa shape index (κ1) is 15.6. The summed E-state index contributed by atoms with van der Waals surface area (Å²) in [7, 11) is 1.33. The van der Waals surface area contributed by atoms with Crippen molar-refractivity contribution in [2.75, 3.05) is 12.5 Å². The highest BCUT2D eigenvalue weighted by Gasteiger charge is 2.07. The minimum atomic E-state index is -0.970. The van der Waals surface area contributed by atoms with E-state index in [1.165, 1.54) is 30.6 Å². The van der Waals surface area contributed by atoms with E-state index < -0.39 is 5.97 Å². The SMILES string of the molecule is COC(=O)Cc1csc(N/N=C\c2ccc(C(=O)O)cc2)n1. The summed E-state index contributed by atoms with van der Waals surface area (Å²) in [6.07, 6.45) is 1.67. The average molecular weight is 319 g/mol. The summed E-state index contributed by atoms with van der Waals surface area (Å²) in [4.78, 5) is 26.0. The van der Waals surface area contributed by atoms with Crippen LogP contribution in [0.15, 0.2) is 34.7 Å². The second-order valence-electron chi connectivity index (χ2n) is 4.19. The molecule has 0 radical (unpaired) electrons. The predicted molar refractivity (Wildman–Crippen MR) is 82.5 cm³/mol. The number of carboxylic acid groups (broad SMARTS) is 1. The van der Waals surface area contributed by atoms with Crippen LogP contribution in [0.25, 0.3) is 0 Å². The monoisotopic (exact) mass is 319 g/mol. The van der Waals surface area contributed by atoms with Crippen LogP contribution in [0.2, 0.25) is 0 Å². The molecule has 2 N–H and O–H groups in total. The number of aromatic carboxylic acids is 1. The van der Waals surface area contributed by atoms with Crippen molar-refractivity contribution in [1.29, 1.82) is 0 Å². The summed E-state index contributed by atoms with van der Waals surface area (Å²) in [5, 5.41) is 15.1. The Morgan fingerprint density at radius 3 is 2.77 bits per heavy atom. The number of hydrogen-bond donors (Lipinski definition) is 2. The lowest BCUT2D eigenvalue weighted by molar-refractivity contribution is -0.139. The quantitative estimate of drug-likeness (QED) is 0.480. The van der Waals surface area contributed by atoms with Gasteiger partial charge in [0, 0.05) is 5.38 Å². The Morgan fingerprint density at radius 1 is 1.41 bits per heavy atom. The van der Waals surface area contributed by atoms with E-state index in [1.54, 1.807) is 23.7 Å². The molecule has 1 aromatic carbocycles. The zero-order valence-corrected chi connectivity index (χ0v) is 12.5. The van der Waals surface area contributed by atoms with Crippen molar-refractivity contribution in [1.82, 2.24) is 4.98 Å². The Hall–Kier alpha value is -2.74. The number of thiazole rings is 1. The number of carboxylic acids is 1. The Labute approximate surface area is 130 Å². The van der Waals surface area contributed by atoms with E-state index >= 15 is 0 Å². The number of carbonyl (C=O) groups excluding carboxylic acids is 1. The number of hydrogen-bond acceptors (Lipinski definition) is 7. The molecule has 8 heteroatoms. The fraction of sp³-hybridized carbons (Fsp3) is 0.143. The van der Waals surface area contributed by atoms with E-state index in [-0.39, 0.29) is 18.0 Å². The standard InChI is InChI=1S/C14H13N3O4S/c1-21-12(18)6-11-8-22-14(16-11)17-15-7-9-2-4-10(5-3-9)13(19)20/h2-5,7-8H,6H2,1H3,(H,16,17)(H,19,20)/b15-7-. The molecule has 0 bridgehead atoms. The molecule has 0 saturated carbocycles. The van der Waals surface area contributed by atoms with Gasteiger partial charge in [-0.3, -0.25) is 10.2 Å². The molecule has 0 aliphatic carbocycles. The summed E-state index contributed by atoms with van der Waals surface area (Å²) in [5.41, 5.74) is 4.34. The maximum Gasteiger partial charge on any atom is 0.335 e. The third kappa shape index (κ3) is 4.38. The molecule has 1 aromatic heterocycles.